The topological polar surface area (TPSA) is 119 Å². The lowest BCUT2D eigenvalue weighted by Crippen LogP contribution is -2.45. The standard InChI is InChI=1S/C29H31F4N7O3/c1-16-11-39(12-17(2)43-16)13-24-21(14-42-3)25(26-27(34)38-35-15-40(24)26)18-4-7-20(8-5-18)36-28(41)37-23-10-19(29(31,32)33)6-9-22(23)30/h4-10,15-17H,11-14H2,1-3H3,(H2,34,38)(H2,36,37,41). The smallest absolute Gasteiger partial charge is 0.380 e. The fourth-order valence-electron chi connectivity index (χ4n) is 5.46. The SMILES string of the molecule is COCc1c(-c2ccc(NC(=O)Nc3cc(C(F)(F)F)ccc3F)cc2)c2c(N)nncn2c1CN1CC(C)OC(C)C1. The zero-order chi connectivity index (χ0) is 30.9. The number of fused-ring (bicyclic) bond motifs is 1. The number of aromatic nitrogens is 3. The number of urea groups is 1. The number of methoxy groups -OCH3 is 1. The van der Waals surface area contributed by atoms with Crippen molar-refractivity contribution in [2.45, 2.75) is 45.4 Å². The Labute approximate surface area is 244 Å². The average Bonchev–Trinajstić information content (AvgIpc) is 3.23. The maximum atomic E-state index is 14.1. The van der Waals surface area contributed by atoms with Gasteiger partial charge in [-0.25, -0.2) is 9.18 Å². The van der Waals surface area contributed by atoms with Gasteiger partial charge in [-0.15, -0.1) is 10.2 Å². The fraction of sp³-hybridized carbons (Fsp3) is 0.345. The molecule has 0 saturated carbocycles. The largest absolute Gasteiger partial charge is 0.416 e. The fourth-order valence-corrected chi connectivity index (χ4v) is 5.46. The number of halogens is 4. The van der Waals surface area contributed by atoms with Crippen LogP contribution in [0, 0.1) is 5.82 Å². The van der Waals surface area contributed by atoms with Crippen molar-refractivity contribution in [3.63, 3.8) is 0 Å². The molecule has 228 valence electrons. The molecule has 1 saturated heterocycles. The van der Waals surface area contributed by atoms with Crippen LogP contribution >= 0.6 is 0 Å². The summed E-state index contributed by atoms with van der Waals surface area (Å²) in [5.41, 5.74) is 9.03. The third-order valence-electron chi connectivity index (χ3n) is 7.12. The molecule has 0 spiro atoms. The minimum absolute atomic E-state index is 0.0764. The summed E-state index contributed by atoms with van der Waals surface area (Å²) in [6, 6.07) is 7.65. The minimum Gasteiger partial charge on any atom is -0.380 e. The molecule has 1 aliphatic rings. The molecular formula is C29H31F4N7O3. The van der Waals surface area contributed by atoms with Crippen molar-refractivity contribution in [3.05, 3.63) is 71.4 Å². The second kappa shape index (κ2) is 12.1. The summed E-state index contributed by atoms with van der Waals surface area (Å²) in [4.78, 5) is 14.8. The van der Waals surface area contributed by atoms with Gasteiger partial charge < -0.3 is 25.8 Å². The molecule has 3 heterocycles. The summed E-state index contributed by atoms with van der Waals surface area (Å²) in [6.45, 7) is 6.45. The van der Waals surface area contributed by atoms with Crippen LogP contribution in [0.4, 0.5) is 39.5 Å². The van der Waals surface area contributed by atoms with Crippen LogP contribution in [-0.2, 0) is 28.8 Å². The number of ether oxygens (including phenoxy) is 2. The van der Waals surface area contributed by atoms with Gasteiger partial charge in [0, 0.05) is 49.3 Å². The van der Waals surface area contributed by atoms with E-state index in [4.69, 9.17) is 15.2 Å². The van der Waals surface area contributed by atoms with Crippen molar-refractivity contribution in [2.24, 2.45) is 0 Å². The van der Waals surface area contributed by atoms with Gasteiger partial charge in [0.05, 0.1) is 35.6 Å². The predicted molar refractivity (Wildman–Crippen MR) is 153 cm³/mol. The second-order valence-electron chi connectivity index (χ2n) is 10.5. The molecule has 2 atom stereocenters. The number of alkyl halides is 3. The lowest BCUT2D eigenvalue weighted by Gasteiger charge is -2.35. The molecular weight excluding hydrogens is 570 g/mol. The number of rotatable bonds is 7. The summed E-state index contributed by atoms with van der Waals surface area (Å²) >= 11 is 0. The van der Waals surface area contributed by atoms with E-state index in [1.807, 2.05) is 18.2 Å². The van der Waals surface area contributed by atoms with Crippen molar-refractivity contribution in [1.29, 1.82) is 0 Å². The zero-order valence-corrected chi connectivity index (χ0v) is 23.7. The van der Waals surface area contributed by atoms with Gasteiger partial charge in [0.15, 0.2) is 5.82 Å². The lowest BCUT2D eigenvalue weighted by molar-refractivity contribution is -0.137. The molecule has 2 aromatic carbocycles. The van der Waals surface area contributed by atoms with Crippen LogP contribution in [0.2, 0.25) is 0 Å². The van der Waals surface area contributed by atoms with Crippen LogP contribution < -0.4 is 16.4 Å². The predicted octanol–water partition coefficient (Wildman–Crippen LogP) is 5.54. The lowest BCUT2D eigenvalue weighted by atomic mass is 10.0. The highest BCUT2D eigenvalue weighted by atomic mass is 19.4. The Morgan fingerprint density at radius 1 is 1.12 bits per heavy atom. The van der Waals surface area contributed by atoms with E-state index < -0.39 is 29.3 Å². The van der Waals surface area contributed by atoms with E-state index in [0.717, 1.165) is 35.5 Å². The molecule has 2 unspecified atom stereocenters. The Hall–Kier alpha value is -4.27. The number of hydrogen-bond donors (Lipinski definition) is 3. The van der Waals surface area contributed by atoms with E-state index >= 15 is 0 Å². The number of nitrogens with one attached hydrogen (secondary N) is 2. The van der Waals surface area contributed by atoms with Crippen molar-refractivity contribution >= 4 is 28.7 Å². The maximum Gasteiger partial charge on any atom is 0.416 e. The van der Waals surface area contributed by atoms with Crippen molar-refractivity contribution < 1.29 is 31.8 Å². The van der Waals surface area contributed by atoms with Gasteiger partial charge in [-0.3, -0.25) is 9.30 Å². The van der Waals surface area contributed by atoms with Crippen molar-refractivity contribution in [2.75, 3.05) is 36.6 Å². The molecule has 0 bridgehead atoms. The van der Waals surface area contributed by atoms with Gasteiger partial charge in [-0.05, 0) is 49.7 Å². The molecule has 1 fully saturated rings. The van der Waals surface area contributed by atoms with Gasteiger partial charge in [0.1, 0.15) is 12.1 Å². The Morgan fingerprint density at radius 3 is 2.47 bits per heavy atom. The van der Waals surface area contributed by atoms with Gasteiger partial charge >= 0.3 is 12.2 Å². The number of carbonyl (C=O) groups excluding carboxylic acids is 1. The van der Waals surface area contributed by atoms with Crippen molar-refractivity contribution in [1.82, 2.24) is 19.5 Å². The van der Waals surface area contributed by atoms with Crippen LogP contribution in [0.3, 0.4) is 0 Å². The normalized spacial score (nSPS) is 17.7. The first-order valence-electron chi connectivity index (χ1n) is 13.5. The maximum absolute atomic E-state index is 14.1. The highest BCUT2D eigenvalue weighted by Gasteiger charge is 2.31. The van der Waals surface area contributed by atoms with E-state index in [0.29, 0.717) is 35.9 Å². The zero-order valence-electron chi connectivity index (χ0n) is 23.7. The molecule has 1 aliphatic heterocycles. The third kappa shape index (κ3) is 6.55. The van der Waals surface area contributed by atoms with E-state index in [9.17, 15) is 22.4 Å². The number of carbonyl (C=O) groups is 1. The van der Waals surface area contributed by atoms with Crippen LogP contribution in [0.25, 0.3) is 16.6 Å². The third-order valence-corrected chi connectivity index (χ3v) is 7.12. The number of morpholine rings is 1. The molecule has 0 aliphatic carbocycles. The molecule has 2 aromatic heterocycles. The van der Waals surface area contributed by atoms with Crippen LogP contribution in [0.15, 0.2) is 48.8 Å². The summed E-state index contributed by atoms with van der Waals surface area (Å²) in [6.07, 6.45) is -2.92. The van der Waals surface area contributed by atoms with Crippen LogP contribution in [-0.4, -0.2) is 57.9 Å². The van der Waals surface area contributed by atoms with E-state index in [1.54, 1.807) is 37.7 Å². The monoisotopic (exact) mass is 601 g/mol. The Balaban J connectivity index is 1.43. The molecule has 2 amide bonds. The molecule has 14 heteroatoms. The first-order valence-corrected chi connectivity index (χ1v) is 13.5. The Morgan fingerprint density at radius 2 is 1.81 bits per heavy atom. The molecule has 0 radical (unpaired) electrons. The molecule has 4 N–H and O–H groups in total. The number of anilines is 3. The summed E-state index contributed by atoms with van der Waals surface area (Å²) in [7, 11) is 1.60. The highest BCUT2D eigenvalue weighted by Crippen LogP contribution is 2.37. The van der Waals surface area contributed by atoms with Gasteiger partial charge in [-0.2, -0.15) is 13.2 Å². The molecule has 10 nitrogen and oxygen atoms in total. The summed E-state index contributed by atoms with van der Waals surface area (Å²) in [5.74, 6) is -0.767. The molecule has 43 heavy (non-hydrogen) atoms. The molecule has 5 rings (SSSR count). The summed E-state index contributed by atoms with van der Waals surface area (Å²) in [5, 5.41) is 12.8. The number of nitrogen functional groups attached to an aromatic ring is 1. The first-order chi connectivity index (χ1) is 20.4. The number of benzene rings is 2. The minimum atomic E-state index is -4.69. The second-order valence-corrected chi connectivity index (χ2v) is 10.5. The van der Waals surface area contributed by atoms with Crippen LogP contribution in [0.1, 0.15) is 30.7 Å². The molecule has 4 aromatic rings. The number of nitrogens with two attached hydrogens (primary N) is 1. The van der Waals surface area contributed by atoms with Crippen LogP contribution in [0.5, 0.6) is 0 Å². The van der Waals surface area contributed by atoms with Gasteiger partial charge in [-0.1, -0.05) is 12.1 Å². The van der Waals surface area contributed by atoms with Gasteiger partial charge in [0.25, 0.3) is 0 Å². The van der Waals surface area contributed by atoms with E-state index in [-0.39, 0.29) is 24.6 Å². The Kier molecular flexibility index (Phi) is 8.53. The number of hydrogen-bond acceptors (Lipinski definition) is 7. The number of nitrogens with zero attached hydrogens (tertiary/aromatic N) is 4. The van der Waals surface area contributed by atoms with Gasteiger partial charge in [0.2, 0.25) is 0 Å². The summed E-state index contributed by atoms with van der Waals surface area (Å²) < 4.78 is 66.6. The first kappa shape index (κ1) is 30.2. The highest BCUT2D eigenvalue weighted by molar-refractivity contribution is 6.00. The average molecular weight is 602 g/mol. The quantitative estimate of drug-likeness (QED) is 0.238. The number of amides is 2. The van der Waals surface area contributed by atoms with E-state index in [1.165, 1.54) is 0 Å². The Bertz CT molecular complexity index is 1620. The van der Waals surface area contributed by atoms with E-state index in [2.05, 4.69) is 25.7 Å². The van der Waals surface area contributed by atoms with Crippen molar-refractivity contribution in [3.8, 4) is 11.1 Å².